The zero-order chi connectivity index (χ0) is 14.8. The van der Waals surface area contributed by atoms with Crippen LogP contribution in [0.25, 0.3) is 0 Å². The predicted octanol–water partition coefficient (Wildman–Crippen LogP) is 2.91. The number of ether oxygens (including phenoxy) is 1. The molecular weight excluding hydrogens is 284 g/mol. The molecule has 3 rings (SSSR count). The van der Waals surface area contributed by atoms with Crippen LogP contribution in [0.15, 0.2) is 16.8 Å². The molecule has 2 fully saturated rings. The van der Waals surface area contributed by atoms with Crippen LogP contribution in [0.4, 0.5) is 0 Å². The van der Waals surface area contributed by atoms with E-state index in [0.29, 0.717) is 12.1 Å². The molecule has 0 radical (unpaired) electrons. The minimum Gasteiger partial charge on any atom is -0.378 e. The Balaban J connectivity index is 1.73. The summed E-state index contributed by atoms with van der Waals surface area (Å²) in [6.45, 7) is 4.92. The Bertz CT molecular complexity index is 471. The molecule has 1 saturated carbocycles. The van der Waals surface area contributed by atoms with Gasteiger partial charge in [-0.15, -0.1) is 0 Å². The van der Waals surface area contributed by atoms with Crippen LogP contribution in [0.2, 0.25) is 0 Å². The zero-order valence-corrected chi connectivity index (χ0v) is 13.6. The van der Waals surface area contributed by atoms with E-state index in [1.54, 1.807) is 11.3 Å². The molecule has 1 aromatic heterocycles. The number of amides is 1. The van der Waals surface area contributed by atoms with Gasteiger partial charge in [0.25, 0.3) is 0 Å². The van der Waals surface area contributed by atoms with Gasteiger partial charge >= 0.3 is 0 Å². The van der Waals surface area contributed by atoms with E-state index in [4.69, 9.17) is 4.74 Å². The summed E-state index contributed by atoms with van der Waals surface area (Å²) in [6, 6.07) is 2.43. The van der Waals surface area contributed by atoms with Crippen LogP contribution in [-0.4, -0.2) is 35.6 Å². The minimum absolute atomic E-state index is 0.0222. The van der Waals surface area contributed by atoms with Crippen molar-refractivity contribution in [3.8, 4) is 0 Å². The van der Waals surface area contributed by atoms with Crippen LogP contribution in [0, 0.1) is 0 Å². The lowest BCUT2D eigenvalue weighted by molar-refractivity contribution is -0.138. The van der Waals surface area contributed by atoms with E-state index in [2.05, 4.69) is 34.0 Å². The molecule has 2 aliphatic rings. The summed E-state index contributed by atoms with van der Waals surface area (Å²) in [5, 5.41) is 7.76. The normalized spacial score (nSPS) is 32.5. The molecule has 1 aliphatic carbocycles. The fraction of sp³-hybridized carbons (Fsp3) is 0.688. The van der Waals surface area contributed by atoms with Crippen LogP contribution in [0.3, 0.4) is 0 Å². The zero-order valence-electron chi connectivity index (χ0n) is 12.7. The number of carbonyl (C=O) groups excluding carboxylic acids is 1. The number of nitrogens with one attached hydrogen (secondary N) is 1. The van der Waals surface area contributed by atoms with Gasteiger partial charge < -0.3 is 9.64 Å². The lowest BCUT2D eigenvalue weighted by atomic mass is 9.87. The molecule has 1 amide bonds. The highest BCUT2D eigenvalue weighted by atomic mass is 32.1. The van der Waals surface area contributed by atoms with Crippen molar-refractivity contribution < 1.29 is 9.53 Å². The highest BCUT2D eigenvalue weighted by molar-refractivity contribution is 7.07. The van der Waals surface area contributed by atoms with Crippen molar-refractivity contribution in [2.75, 3.05) is 6.61 Å². The molecule has 4 nitrogen and oxygen atoms in total. The molecule has 2 heterocycles. The average molecular weight is 308 g/mol. The van der Waals surface area contributed by atoms with Gasteiger partial charge in [0.15, 0.2) is 0 Å². The second-order valence-electron chi connectivity index (χ2n) is 5.92. The molecule has 2 atom stereocenters. The smallest absolute Gasteiger partial charge is 0.241 e. The molecule has 5 heteroatoms. The lowest BCUT2D eigenvalue weighted by Crippen LogP contribution is -2.50. The van der Waals surface area contributed by atoms with Crippen LogP contribution in [0.5, 0.6) is 0 Å². The Hall–Kier alpha value is -0.910. The van der Waals surface area contributed by atoms with Crippen molar-refractivity contribution in [2.24, 2.45) is 0 Å². The van der Waals surface area contributed by atoms with E-state index in [9.17, 15) is 4.79 Å². The van der Waals surface area contributed by atoms with Gasteiger partial charge in [-0.2, -0.15) is 11.3 Å². The molecule has 21 heavy (non-hydrogen) atoms. The largest absolute Gasteiger partial charge is 0.378 e. The first-order valence-electron chi connectivity index (χ1n) is 7.96. The summed E-state index contributed by atoms with van der Waals surface area (Å²) in [6.07, 6.45) is 4.27. The third-order valence-electron chi connectivity index (χ3n) is 4.49. The van der Waals surface area contributed by atoms with Gasteiger partial charge in [-0.3, -0.25) is 10.1 Å². The van der Waals surface area contributed by atoms with E-state index in [0.717, 1.165) is 32.3 Å². The summed E-state index contributed by atoms with van der Waals surface area (Å²) in [7, 11) is 0. The second kappa shape index (κ2) is 6.46. The van der Waals surface area contributed by atoms with Crippen LogP contribution < -0.4 is 5.32 Å². The van der Waals surface area contributed by atoms with Gasteiger partial charge in [0.1, 0.15) is 6.17 Å². The first-order chi connectivity index (χ1) is 10.2. The highest BCUT2D eigenvalue weighted by Crippen LogP contribution is 2.38. The molecule has 1 N–H and O–H groups in total. The molecular formula is C16H24N2O2S. The van der Waals surface area contributed by atoms with Gasteiger partial charge in [-0.1, -0.05) is 13.3 Å². The topological polar surface area (TPSA) is 41.6 Å². The molecule has 1 saturated heterocycles. The number of nitrogens with zero attached hydrogens (tertiary/aromatic N) is 1. The number of rotatable bonds is 6. The standard InChI is InChI=1S/C16H24N2O2S/c1-3-5-14-16(19)18(12-8-13(9-12)20-4-2)15(17-14)11-6-7-21-10-11/h6-7,10,12-15,17H,3-5,8-9H2,1-2H3. The van der Waals surface area contributed by atoms with Gasteiger partial charge in [0, 0.05) is 12.6 Å². The quantitative estimate of drug-likeness (QED) is 0.878. The van der Waals surface area contributed by atoms with Crippen LogP contribution >= 0.6 is 11.3 Å². The highest BCUT2D eigenvalue weighted by Gasteiger charge is 2.47. The van der Waals surface area contributed by atoms with E-state index < -0.39 is 0 Å². The number of thiophene rings is 1. The first-order valence-corrected chi connectivity index (χ1v) is 8.90. The molecule has 0 aromatic carbocycles. The predicted molar refractivity (Wildman–Crippen MR) is 84.2 cm³/mol. The molecule has 1 aromatic rings. The van der Waals surface area contributed by atoms with E-state index in [-0.39, 0.29) is 18.1 Å². The van der Waals surface area contributed by atoms with E-state index in [1.165, 1.54) is 5.56 Å². The lowest BCUT2D eigenvalue weighted by Gasteiger charge is -2.43. The van der Waals surface area contributed by atoms with Crippen LogP contribution in [-0.2, 0) is 9.53 Å². The fourth-order valence-electron chi connectivity index (χ4n) is 3.36. The molecule has 1 aliphatic heterocycles. The summed E-state index contributed by atoms with van der Waals surface area (Å²) >= 11 is 1.69. The third-order valence-corrected chi connectivity index (χ3v) is 5.19. The van der Waals surface area contributed by atoms with Crippen molar-refractivity contribution in [1.29, 1.82) is 0 Å². The summed E-state index contributed by atoms with van der Waals surface area (Å²) in [5.74, 6) is 0.271. The number of carbonyl (C=O) groups is 1. The summed E-state index contributed by atoms with van der Waals surface area (Å²) < 4.78 is 5.65. The third kappa shape index (κ3) is 2.87. The van der Waals surface area contributed by atoms with Gasteiger partial charge in [0.2, 0.25) is 5.91 Å². The Kier molecular flexibility index (Phi) is 4.62. The van der Waals surface area contributed by atoms with E-state index >= 15 is 0 Å². The molecule has 0 bridgehead atoms. The van der Waals surface area contributed by atoms with Gasteiger partial charge in [0.05, 0.1) is 12.1 Å². The number of hydrogen-bond donors (Lipinski definition) is 1. The first kappa shape index (κ1) is 15.0. The minimum atomic E-state index is -0.0222. The monoisotopic (exact) mass is 308 g/mol. The average Bonchev–Trinajstić information content (AvgIpc) is 3.04. The fourth-order valence-corrected chi connectivity index (χ4v) is 4.04. The molecule has 116 valence electrons. The Morgan fingerprint density at radius 2 is 2.24 bits per heavy atom. The maximum atomic E-state index is 12.7. The molecule has 2 unspecified atom stereocenters. The maximum Gasteiger partial charge on any atom is 0.241 e. The van der Waals surface area contributed by atoms with Crippen molar-refractivity contribution in [3.05, 3.63) is 22.4 Å². The van der Waals surface area contributed by atoms with Crippen molar-refractivity contribution >= 4 is 17.2 Å². The van der Waals surface area contributed by atoms with Crippen LogP contribution in [0.1, 0.15) is 51.3 Å². The Morgan fingerprint density at radius 3 is 2.86 bits per heavy atom. The van der Waals surface area contributed by atoms with Crippen molar-refractivity contribution in [2.45, 2.75) is 63.9 Å². The second-order valence-corrected chi connectivity index (χ2v) is 6.70. The maximum absolute atomic E-state index is 12.7. The van der Waals surface area contributed by atoms with Crippen molar-refractivity contribution in [1.82, 2.24) is 10.2 Å². The summed E-state index contributed by atoms with van der Waals surface area (Å²) in [5.41, 5.74) is 1.21. The molecule has 0 spiro atoms. The van der Waals surface area contributed by atoms with Gasteiger partial charge in [-0.25, -0.2) is 0 Å². The summed E-state index contributed by atoms with van der Waals surface area (Å²) in [4.78, 5) is 14.8. The SMILES string of the molecule is CCCC1NC(c2ccsc2)N(C2CC(OCC)C2)C1=O. The number of hydrogen-bond acceptors (Lipinski definition) is 4. The van der Waals surface area contributed by atoms with Gasteiger partial charge in [-0.05, 0) is 48.6 Å². The van der Waals surface area contributed by atoms with E-state index in [1.807, 2.05) is 6.92 Å². The Morgan fingerprint density at radius 1 is 1.43 bits per heavy atom. The Labute approximate surface area is 130 Å². The van der Waals surface area contributed by atoms with Crippen molar-refractivity contribution in [3.63, 3.8) is 0 Å².